The van der Waals surface area contributed by atoms with Crippen LogP contribution in [0.1, 0.15) is 77.2 Å². The molecule has 2 N–H and O–H groups in total. The molecule has 2 amide bonds. The van der Waals surface area contributed by atoms with E-state index in [1.807, 2.05) is 29.8 Å². The van der Waals surface area contributed by atoms with Crippen molar-refractivity contribution in [3.05, 3.63) is 30.0 Å². The number of hydrogen-bond acceptors (Lipinski definition) is 5. The molecule has 1 heterocycles. The van der Waals surface area contributed by atoms with E-state index in [2.05, 4.69) is 38.3 Å². The molecule has 2 rings (SSSR count). The fraction of sp³-hybridized carbons (Fsp3) is 0.607. The van der Waals surface area contributed by atoms with Gasteiger partial charge in [-0.2, -0.15) is 5.10 Å². The first-order valence-electron chi connectivity index (χ1n) is 13.1. The van der Waals surface area contributed by atoms with Crippen molar-refractivity contribution in [2.45, 2.75) is 79.3 Å². The van der Waals surface area contributed by atoms with Gasteiger partial charge in [-0.25, -0.2) is 0 Å². The molecule has 2 aromatic rings. The van der Waals surface area contributed by atoms with Gasteiger partial charge in [0, 0.05) is 25.6 Å². The Morgan fingerprint density at radius 1 is 1.06 bits per heavy atom. The summed E-state index contributed by atoms with van der Waals surface area (Å²) >= 11 is 0. The summed E-state index contributed by atoms with van der Waals surface area (Å²) in [5.41, 5.74) is 1.84. The number of aromatic nitrogens is 2. The zero-order valence-corrected chi connectivity index (χ0v) is 23.0. The smallest absolute Gasteiger partial charge is 0.272 e. The molecular weight excluding hydrogens is 456 g/mol. The molecule has 0 aliphatic heterocycles. The molecule has 0 spiro atoms. The van der Waals surface area contributed by atoms with Gasteiger partial charge in [0.15, 0.2) is 5.69 Å². The van der Waals surface area contributed by atoms with Crippen molar-refractivity contribution in [1.29, 1.82) is 0 Å². The highest BCUT2D eigenvalue weighted by molar-refractivity contribution is 5.94. The van der Waals surface area contributed by atoms with E-state index in [1.165, 1.54) is 0 Å². The highest BCUT2D eigenvalue weighted by atomic mass is 16.5. The lowest BCUT2D eigenvalue weighted by atomic mass is 10.0. The van der Waals surface area contributed by atoms with Crippen molar-refractivity contribution >= 4 is 11.8 Å². The third kappa shape index (κ3) is 8.00. The van der Waals surface area contributed by atoms with Crippen LogP contribution in [0, 0.1) is 11.8 Å². The monoisotopic (exact) mass is 500 g/mol. The first-order valence-corrected chi connectivity index (χ1v) is 13.1. The Balaban J connectivity index is 2.44. The van der Waals surface area contributed by atoms with Gasteiger partial charge in [-0.15, -0.1) is 0 Å². The van der Waals surface area contributed by atoms with Crippen LogP contribution in [0.15, 0.2) is 24.3 Å². The van der Waals surface area contributed by atoms with E-state index in [9.17, 15) is 9.59 Å². The third-order valence-corrected chi connectivity index (χ3v) is 6.38. The maximum atomic E-state index is 13.4. The quantitative estimate of drug-likeness (QED) is 0.356. The highest BCUT2D eigenvalue weighted by Crippen LogP contribution is 2.39. The number of hydrogen-bond donors (Lipinski definition) is 2. The van der Waals surface area contributed by atoms with Crippen LogP contribution in [0.4, 0.5) is 0 Å². The minimum atomic E-state index is -0.289. The molecule has 0 aliphatic rings. The van der Waals surface area contributed by atoms with Crippen LogP contribution < -0.4 is 20.1 Å². The van der Waals surface area contributed by atoms with Crippen LogP contribution in [0.2, 0.25) is 0 Å². The predicted molar refractivity (Wildman–Crippen MR) is 143 cm³/mol. The number of methoxy groups -OCH3 is 2. The summed E-state index contributed by atoms with van der Waals surface area (Å²) in [4.78, 5) is 25.8. The second kappa shape index (κ2) is 14.5. The maximum Gasteiger partial charge on any atom is 0.272 e. The second-order valence-corrected chi connectivity index (χ2v) is 9.67. The van der Waals surface area contributed by atoms with E-state index in [0.717, 1.165) is 30.5 Å². The van der Waals surface area contributed by atoms with Crippen LogP contribution in [-0.4, -0.2) is 48.4 Å². The minimum absolute atomic E-state index is 0.0542. The van der Waals surface area contributed by atoms with E-state index >= 15 is 0 Å². The van der Waals surface area contributed by atoms with Crippen LogP contribution in [0.3, 0.4) is 0 Å². The van der Waals surface area contributed by atoms with Crippen molar-refractivity contribution in [1.82, 2.24) is 20.4 Å². The normalized spacial score (nSPS) is 12.0. The molecule has 0 bridgehead atoms. The molecule has 0 radical (unpaired) electrons. The largest absolute Gasteiger partial charge is 0.496 e. The second-order valence-electron chi connectivity index (χ2n) is 9.67. The predicted octanol–water partition coefficient (Wildman–Crippen LogP) is 5.06. The number of ether oxygens (including phenoxy) is 2. The summed E-state index contributed by atoms with van der Waals surface area (Å²) in [5.74, 6) is 1.70. The molecule has 0 aliphatic carbocycles. The highest BCUT2D eigenvalue weighted by Gasteiger charge is 2.25. The summed E-state index contributed by atoms with van der Waals surface area (Å²) in [6.45, 7) is 11.8. The average Bonchev–Trinajstić information content (AvgIpc) is 3.28. The van der Waals surface area contributed by atoms with E-state index in [1.54, 1.807) is 20.3 Å². The zero-order valence-electron chi connectivity index (χ0n) is 23.0. The molecule has 200 valence electrons. The van der Waals surface area contributed by atoms with E-state index < -0.39 is 0 Å². The van der Waals surface area contributed by atoms with Crippen LogP contribution in [-0.2, 0) is 11.3 Å². The Kier molecular flexibility index (Phi) is 11.8. The first kappa shape index (κ1) is 29.2. The number of carbonyl (C=O) groups is 2. The molecule has 36 heavy (non-hydrogen) atoms. The number of nitrogens with zero attached hydrogens (tertiary/aromatic N) is 2. The van der Waals surface area contributed by atoms with E-state index in [0.29, 0.717) is 48.5 Å². The van der Waals surface area contributed by atoms with Gasteiger partial charge in [-0.3, -0.25) is 14.3 Å². The van der Waals surface area contributed by atoms with Gasteiger partial charge in [-0.1, -0.05) is 53.5 Å². The van der Waals surface area contributed by atoms with Gasteiger partial charge < -0.3 is 20.1 Å². The lowest BCUT2D eigenvalue weighted by Gasteiger charge is -2.20. The Bertz CT molecular complexity index is 960. The molecule has 1 atom stereocenters. The Morgan fingerprint density at radius 2 is 1.69 bits per heavy atom. The lowest BCUT2D eigenvalue weighted by Crippen LogP contribution is -2.40. The maximum absolute atomic E-state index is 13.4. The van der Waals surface area contributed by atoms with Crippen molar-refractivity contribution in [3.63, 3.8) is 0 Å². The van der Waals surface area contributed by atoms with Crippen LogP contribution >= 0.6 is 0 Å². The minimum Gasteiger partial charge on any atom is -0.496 e. The van der Waals surface area contributed by atoms with E-state index in [4.69, 9.17) is 14.6 Å². The van der Waals surface area contributed by atoms with Gasteiger partial charge in [0.25, 0.3) is 5.91 Å². The van der Waals surface area contributed by atoms with Gasteiger partial charge in [0.05, 0.1) is 25.5 Å². The molecule has 1 aromatic heterocycles. The standard InChI is InChI=1S/C28H44N4O4/c1-8-14-29-26(33)16-21(15-19(4)5)30-28(34)22-17-23(32(31-22)18-20(9-2)10-3)27-24(35-6)12-11-13-25(27)36-7/h11-13,17,19-21H,8-10,14-16,18H2,1-7H3,(H,29,33)(H,30,34)/t21-/m0/s1. The molecule has 0 fully saturated rings. The molecule has 8 nitrogen and oxygen atoms in total. The van der Waals surface area contributed by atoms with Crippen molar-refractivity contribution in [3.8, 4) is 22.8 Å². The lowest BCUT2D eigenvalue weighted by molar-refractivity contribution is -0.121. The number of benzene rings is 1. The number of nitrogens with one attached hydrogen (secondary N) is 2. The fourth-order valence-electron chi connectivity index (χ4n) is 4.35. The van der Waals surface area contributed by atoms with Crippen molar-refractivity contribution in [2.75, 3.05) is 20.8 Å². The Hall–Kier alpha value is -3.03. The molecule has 0 saturated heterocycles. The van der Waals surface area contributed by atoms with Gasteiger partial charge in [0.2, 0.25) is 5.91 Å². The van der Waals surface area contributed by atoms with Gasteiger partial charge >= 0.3 is 0 Å². The molecule has 1 aromatic carbocycles. The summed E-state index contributed by atoms with van der Waals surface area (Å²) in [6, 6.07) is 7.14. The van der Waals surface area contributed by atoms with Gasteiger partial charge in [0.1, 0.15) is 11.5 Å². The van der Waals surface area contributed by atoms with Crippen LogP contribution in [0.5, 0.6) is 11.5 Å². The van der Waals surface area contributed by atoms with Gasteiger partial charge in [-0.05, 0) is 42.9 Å². The first-order chi connectivity index (χ1) is 17.3. The topological polar surface area (TPSA) is 94.5 Å². The zero-order chi connectivity index (χ0) is 26.7. The fourth-order valence-corrected chi connectivity index (χ4v) is 4.35. The molecule has 0 saturated carbocycles. The Morgan fingerprint density at radius 3 is 2.22 bits per heavy atom. The number of carbonyl (C=O) groups excluding carboxylic acids is 2. The molecule has 0 unspecified atom stereocenters. The molecule has 8 heteroatoms. The van der Waals surface area contributed by atoms with Crippen LogP contribution in [0.25, 0.3) is 11.3 Å². The average molecular weight is 501 g/mol. The summed E-state index contributed by atoms with van der Waals surface area (Å²) in [5, 5.41) is 10.7. The van der Waals surface area contributed by atoms with E-state index in [-0.39, 0.29) is 24.3 Å². The summed E-state index contributed by atoms with van der Waals surface area (Å²) in [6.07, 6.45) is 3.82. The molecular formula is C28H44N4O4. The SMILES string of the molecule is CCCNC(=O)C[C@H](CC(C)C)NC(=O)c1cc(-c2c(OC)cccc2OC)n(CC(CC)CC)n1. The number of rotatable bonds is 15. The summed E-state index contributed by atoms with van der Waals surface area (Å²) in [7, 11) is 3.24. The Labute approximate surface area is 216 Å². The van der Waals surface area contributed by atoms with Crippen molar-refractivity contribution in [2.24, 2.45) is 11.8 Å². The number of amides is 2. The van der Waals surface area contributed by atoms with Crippen molar-refractivity contribution < 1.29 is 19.1 Å². The summed E-state index contributed by atoms with van der Waals surface area (Å²) < 4.78 is 13.2. The third-order valence-electron chi connectivity index (χ3n) is 6.38.